The fraction of sp³-hybridized carbons (Fsp3) is 0.409. The van der Waals surface area contributed by atoms with Crippen LogP contribution in [-0.4, -0.2) is 45.5 Å². The number of hydrogen-bond acceptors (Lipinski definition) is 6. The van der Waals surface area contributed by atoms with Crippen molar-refractivity contribution < 1.29 is 27.4 Å². The van der Waals surface area contributed by atoms with Gasteiger partial charge in [-0.15, -0.1) is 0 Å². The van der Waals surface area contributed by atoms with Crippen LogP contribution < -0.4 is 14.2 Å². The summed E-state index contributed by atoms with van der Waals surface area (Å²) in [6.45, 7) is 2.97. The van der Waals surface area contributed by atoms with E-state index in [0.29, 0.717) is 43.2 Å². The second kappa shape index (κ2) is 9.95. The second-order valence-electron chi connectivity index (χ2n) is 7.09. The molecule has 0 N–H and O–H groups in total. The Bertz CT molecular complexity index is 958. The van der Waals surface area contributed by atoms with E-state index in [4.69, 9.17) is 14.2 Å². The van der Waals surface area contributed by atoms with Crippen LogP contribution in [0.5, 0.6) is 17.2 Å². The van der Waals surface area contributed by atoms with E-state index < -0.39 is 21.9 Å². The average molecular weight is 434 g/mol. The van der Waals surface area contributed by atoms with Gasteiger partial charge in [-0.3, -0.25) is 4.79 Å². The van der Waals surface area contributed by atoms with Crippen LogP contribution in [0.15, 0.2) is 53.4 Å². The first-order chi connectivity index (χ1) is 14.5. The Balaban J connectivity index is 1.70. The quantitative estimate of drug-likeness (QED) is 0.468. The molecule has 162 valence electrons. The summed E-state index contributed by atoms with van der Waals surface area (Å²) in [5, 5.41) is 0. The Hall–Kier alpha value is -2.58. The van der Waals surface area contributed by atoms with Crippen molar-refractivity contribution >= 4 is 16.0 Å². The van der Waals surface area contributed by atoms with E-state index in [1.807, 2.05) is 13.0 Å². The third-order valence-electron chi connectivity index (χ3n) is 4.94. The van der Waals surface area contributed by atoms with Gasteiger partial charge in [-0.05, 0) is 55.7 Å². The molecule has 1 fully saturated rings. The Morgan fingerprint density at radius 3 is 2.47 bits per heavy atom. The minimum Gasteiger partial charge on any atom is -0.497 e. The number of carbonyl (C=O) groups excluding carboxylic acids is 1. The number of ether oxygens (including phenoxy) is 3. The smallest absolute Gasteiger partial charge is 0.315 e. The van der Waals surface area contributed by atoms with Gasteiger partial charge in [0.1, 0.15) is 5.75 Å². The molecular weight excluding hydrogens is 406 g/mol. The van der Waals surface area contributed by atoms with Crippen molar-refractivity contribution in [2.45, 2.75) is 31.1 Å². The van der Waals surface area contributed by atoms with E-state index in [1.54, 1.807) is 30.3 Å². The van der Waals surface area contributed by atoms with Crippen molar-refractivity contribution in [2.75, 3.05) is 26.8 Å². The molecule has 0 saturated carbocycles. The molecule has 0 bridgehead atoms. The zero-order valence-corrected chi connectivity index (χ0v) is 18.1. The van der Waals surface area contributed by atoms with Gasteiger partial charge in [0.15, 0.2) is 11.5 Å². The van der Waals surface area contributed by atoms with E-state index in [9.17, 15) is 13.2 Å². The van der Waals surface area contributed by atoms with E-state index in [1.165, 1.54) is 23.5 Å². The van der Waals surface area contributed by atoms with Gasteiger partial charge in [0.25, 0.3) is 0 Å². The van der Waals surface area contributed by atoms with Gasteiger partial charge in [0.05, 0.1) is 24.5 Å². The Kier molecular flexibility index (Phi) is 7.33. The minimum atomic E-state index is -3.70. The number of carbonyl (C=O) groups is 1. The fourth-order valence-corrected chi connectivity index (χ4v) is 4.83. The molecule has 3 rings (SSSR count). The molecule has 7 nitrogen and oxygen atoms in total. The van der Waals surface area contributed by atoms with Gasteiger partial charge in [-0.1, -0.05) is 19.1 Å². The monoisotopic (exact) mass is 433 g/mol. The van der Waals surface area contributed by atoms with Crippen LogP contribution in [0.4, 0.5) is 0 Å². The van der Waals surface area contributed by atoms with Crippen molar-refractivity contribution in [1.82, 2.24) is 4.31 Å². The lowest BCUT2D eigenvalue weighted by Crippen LogP contribution is -2.43. The number of sulfonamides is 1. The minimum absolute atomic E-state index is 0.0885. The standard InChI is InChI=1S/C22H27NO6S/c1-3-15-28-20-8-4-5-9-21(20)29-22(24)17-7-6-14-23(16-17)30(25,26)19-12-10-18(27-2)11-13-19/h4-5,8-13,17H,3,6-7,14-16H2,1-2H3. The fourth-order valence-electron chi connectivity index (χ4n) is 3.31. The molecule has 0 spiro atoms. The summed E-state index contributed by atoms with van der Waals surface area (Å²) < 4.78 is 43.6. The van der Waals surface area contributed by atoms with Crippen molar-refractivity contribution in [3.8, 4) is 17.2 Å². The van der Waals surface area contributed by atoms with Gasteiger partial charge in [-0.2, -0.15) is 4.31 Å². The lowest BCUT2D eigenvalue weighted by atomic mass is 10.00. The van der Waals surface area contributed by atoms with E-state index in [2.05, 4.69) is 0 Å². The largest absolute Gasteiger partial charge is 0.497 e. The lowest BCUT2D eigenvalue weighted by Gasteiger charge is -2.30. The second-order valence-corrected chi connectivity index (χ2v) is 9.03. The van der Waals surface area contributed by atoms with Gasteiger partial charge in [0, 0.05) is 13.1 Å². The zero-order chi connectivity index (χ0) is 21.6. The number of methoxy groups -OCH3 is 1. The molecule has 1 saturated heterocycles. The van der Waals surface area contributed by atoms with Crippen molar-refractivity contribution in [3.63, 3.8) is 0 Å². The highest BCUT2D eigenvalue weighted by atomic mass is 32.2. The van der Waals surface area contributed by atoms with E-state index in [-0.39, 0.29) is 11.4 Å². The predicted molar refractivity (Wildman–Crippen MR) is 112 cm³/mol. The van der Waals surface area contributed by atoms with Gasteiger partial charge in [-0.25, -0.2) is 8.42 Å². The van der Waals surface area contributed by atoms with Gasteiger partial charge in [0.2, 0.25) is 10.0 Å². The van der Waals surface area contributed by atoms with Crippen LogP contribution >= 0.6 is 0 Å². The third kappa shape index (κ3) is 5.12. The number of nitrogens with zero attached hydrogens (tertiary/aromatic N) is 1. The molecule has 1 aliphatic heterocycles. The summed E-state index contributed by atoms with van der Waals surface area (Å²) in [6.07, 6.45) is 2.00. The molecule has 1 heterocycles. The molecule has 0 amide bonds. The molecule has 8 heteroatoms. The molecular formula is C22H27NO6S. The predicted octanol–water partition coefficient (Wildman–Crippen LogP) is 3.49. The van der Waals surface area contributed by atoms with E-state index >= 15 is 0 Å². The van der Waals surface area contributed by atoms with Gasteiger partial charge < -0.3 is 14.2 Å². The molecule has 0 aromatic heterocycles. The number of para-hydroxylation sites is 2. The Morgan fingerprint density at radius 2 is 1.80 bits per heavy atom. The summed E-state index contributed by atoms with van der Waals surface area (Å²) in [6, 6.07) is 13.2. The maximum Gasteiger partial charge on any atom is 0.315 e. The highest BCUT2D eigenvalue weighted by molar-refractivity contribution is 7.89. The lowest BCUT2D eigenvalue weighted by molar-refractivity contribution is -0.140. The number of hydrogen-bond donors (Lipinski definition) is 0. The van der Waals surface area contributed by atoms with Crippen LogP contribution in [0.2, 0.25) is 0 Å². The normalized spacial score (nSPS) is 17.3. The molecule has 2 aromatic rings. The van der Waals surface area contributed by atoms with Crippen molar-refractivity contribution in [2.24, 2.45) is 5.92 Å². The zero-order valence-electron chi connectivity index (χ0n) is 17.2. The first-order valence-corrected chi connectivity index (χ1v) is 11.5. The highest BCUT2D eigenvalue weighted by Gasteiger charge is 2.34. The van der Waals surface area contributed by atoms with Crippen molar-refractivity contribution in [3.05, 3.63) is 48.5 Å². The SMILES string of the molecule is CCCOc1ccccc1OC(=O)C1CCCN(S(=O)(=O)c2ccc(OC)cc2)C1. The number of benzene rings is 2. The molecule has 2 aromatic carbocycles. The topological polar surface area (TPSA) is 82.1 Å². The molecule has 30 heavy (non-hydrogen) atoms. The molecule has 0 aliphatic carbocycles. The molecule has 1 aliphatic rings. The van der Waals surface area contributed by atoms with Crippen LogP contribution in [0.1, 0.15) is 26.2 Å². The number of esters is 1. The summed E-state index contributed by atoms with van der Waals surface area (Å²) >= 11 is 0. The maximum absolute atomic E-state index is 13.0. The first kappa shape index (κ1) is 22.1. The van der Waals surface area contributed by atoms with Crippen LogP contribution in [0, 0.1) is 5.92 Å². The van der Waals surface area contributed by atoms with Gasteiger partial charge >= 0.3 is 5.97 Å². The molecule has 0 radical (unpaired) electrons. The van der Waals surface area contributed by atoms with Crippen LogP contribution in [0.25, 0.3) is 0 Å². The molecule has 1 atom stereocenters. The summed E-state index contributed by atoms with van der Waals surface area (Å²) in [5.74, 6) is 0.457. The Labute approximate surface area is 177 Å². The summed E-state index contributed by atoms with van der Waals surface area (Å²) in [4.78, 5) is 12.9. The Morgan fingerprint density at radius 1 is 1.10 bits per heavy atom. The summed E-state index contributed by atoms with van der Waals surface area (Å²) in [5.41, 5.74) is 0. The summed E-state index contributed by atoms with van der Waals surface area (Å²) in [7, 11) is -2.18. The first-order valence-electron chi connectivity index (χ1n) is 10.0. The van der Waals surface area contributed by atoms with Crippen molar-refractivity contribution in [1.29, 1.82) is 0 Å². The maximum atomic E-state index is 13.0. The molecule has 1 unspecified atom stereocenters. The van der Waals surface area contributed by atoms with Crippen LogP contribution in [0.3, 0.4) is 0 Å². The number of piperidine rings is 1. The number of rotatable bonds is 8. The van der Waals surface area contributed by atoms with E-state index in [0.717, 1.165) is 6.42 Å². The average Bonchev–Trinajstić information content (AvgIpc) is 2.78. The van der Waals surface area contributed by atoms with Crippen LogP contribution in [-0.2, 0) is 14.8 Å². The third-order valence-corrected chi connectivity index (χ3v) is 6.82. The highest BCUT2D eigenvalue weighted by Crippen LogP contribution is 2.30.